The van der Waals surface area contributed by atoms with Crippen molar-refractivity contribution < 1.29 is 4.79 Å². The van der Waals surface area contributed by atoms with Crippen LogP contribution >= 0.6 is 11.3 Å². The third-order valence-corrected chi connectivity index (χ3v) is 4.77. The lowest BCUT2D eigenvalue weighted by Crippen LogP contribution is -2.25. The van der Waals surface area contributed by atoms with Crippen molar-refractivity contribution in [1.29, 1.82) is 0 Å². The number of benzene rings is 1. The average Bonchev–Trinajstić information content (AvgIpc) is 3.20. The lowest BCUT2D eigenvalue weighted by Gasteiger charge is -2.02. The smallest absolute Gasteiger partial charge is 0.271 e. The van der Waals surface area contributed by atoms with Gasteiger partial charge in [0.25, 0.3) is 5.91 Å². The van der Waals surface area contributed by atoms with Gasteiger partial charge in [0.1, 0.15) is 5.69 Å². The molecular formula is C17H16N4OS. The highest BCUT2D eigenvalue weighted by molar-refractivity contribution is 7.17. The van der Waals surface area contributed by atoms with E-state index in [-0.39, 0.29) is 5.91 Å². The number of H-pyrrole nitrogens is 1. The van der Waals surface area contributed by atoms with Crippen LogP contribution in [0.2, 0.25) is 0 Å². The van der Waals surface area contributed by atoms with Gasteiger partial charge >= 0.3 is 0 Å². The summed E-state index contributed by atoms with van der Waals surface area (Å²) in [5, 5.41) is 4.15. The van der Waals surface area contributed by atoms with E-state index in [4.69, 9.17) is 0 Å². The quantitative estimate of drug-likeness (QED) is 0.606. The van der Waals surface area contributed by atoms with Gasteiger partial charge in [0.15, 0.2) is 4.96 Å². The summed E-state index contributed by atoms with van der Waals surface area (Å²) in [6.07, 6.45) is 6.55. The minimum Gasteiger partial charge on any atom is -0.361 e. The number of carbonyl (C=O) groups is 1. The van der Waals surface area contributed by atoms with Gasteiger partial charge in [-0.15, -0.1) is 11.3 Å². The Bertz CT molecular complexity index is 963. The molecule has 3 heterocycles. The van der Waals surface area contributed by atoms with Gasteiger partial charge in [0.2, 0.25) is 0 Å². The molecule has 0 atom stereocenters. The summed E-state index contributed by atoms with van der Waals surface area (Å²) in [6.45, 7) is 2.62. The highest BCUT2D eigenvalue weighted by Crippen LogP contribution is 2.18. The van der Waals surface area contributed by atoms with E-state index < -0.39 is 0 Å². The van der Waals surface area contributed by atoms with E-state index in [1.165, 1.54) is 15.8 Å². The highest BCUT2D eigenvalue weighted by atomic mass is 32.1. The van der Waals surface area contributed by atoms with E-state index in [0.717, 1.165) is 16.9 Å². The molecule has 2 N–H and O–H groups in total. The molecule has 1 amide bonds. The lowest BCUT2D eigenvalue weighted by atomic mass is 10.1. The molecule has 0 spiro atoms. The third kappa shape index (κ3) is 2.61. The molecule has 1 aromatic carbocycles. The zero-order valence-corrected chi connectivity index (χ0v) is 13.5. The predicted octanol–water partition coefficient (Wildman–Crippen LogP) is 3.16. The number of hydrogen-bond donors (Lipinski definition) is 2. The fraction of sp³-hybridized carbons (Fsp3) is 0.176. The first-order valence-corrected chi connectivity index (χ1v) is 8.31. The number of carbonyl (C=O) groups excluding carboxylic acids is 1. The van der Waals surface area contributed by atoms with Crippen LogP contribution in [0.4, 0.5) is 0 Å². The number of aromatic amines is 1. The number of hydrogen-bond acceptors (Lipinski definition) is 3. The SMILES string of the molecule is Cc1cn2cc(C(=O)NCCc3c[nH]c4ccccc34)nc2s1. The fourth-order valence-corrected chi connectivity index (χ4v) is 3.57. The van der Waals surface area contributed by atoms with Gasteiger partial charge in [-0.3, -0.25) is 9.20 Å². The van der Waals surface area contributed by atoms with Gasteiger partial charge in [-0.05, 0) is 25.0 Å². The third-order valence-electron chi connectivity index (χ3n) is 3.86. The summed E-state index contributed by atoms with van der Waals surface area (Å²) in [7, 11) is 0. The molecule has 0 aliphatic heterocycles. The van der Waals surface area contributed by atoms with Crippen LogP contribution in [0.3, 0.4) is 0 Å². The highest BCUT2D eigenvalue weighted by Gasteiger charge is 2.12. The Hall–Kier alpha value is -2.60. The molecule has 23 heavy (non-hydrogen) atoms. The van der Waals surface area contributed by atoms with Crippen molar-refractivity contribution in [2.24, 2.45) is 0 Å². The minimum absolute atomic E-state index is 0.126. The molecule has 6 heteroatoms. The van der Waals surface area contributed by atoms with E-state index in [9.17, 15) is 4.79 Å². The summed E-state index contributed by atoms with van der Waals surface area (Å²) in [5.41, 5.74) is 2.80. The van der Waals surface area contributed by atoms with Crippen LogP contribution in [0.25, 0.3) is 15.9 Å². The predicted molar refractivity (Wildman–Crippen MR) is 92.1 cm³/mol. The maximum Gasteiger partial charge on any atom is 0.271 e. The van der Waals surface area contributed by atoms with E-state index in [0.29, 0.717) is 12.2 Å². The van der Waals surface area contributed by atoms with Crippen LogP contribution < -0.4 is 5.32 Å². The summed E-state index contributed by atoms with van der Waals surface area (Å²) in [5.74, 6) is -0.126. The van der Waals surface area contributed by atoms with Crippen LogP contribution in [0.15, 0.2) is 42.9 Å². The van der Waals surface area contributed by atoms with Gasteiger partial charge in [0.05, 0.1) is 0 Å². The molecule has 0 saturated carbocycles. The Balaban J connectivity index is 1.42. The van der Waals surface area contributed by atoms with Gasteiger partial charge in [-0.1, -0.05) is 18.2 Å². The maximum atomic E-state index is 12.2. The molecule has 3 aromatic heterocycles. The number of aromatic nitrogens is 3. The Morgan fingerprint density at radius 1 is 1.35 bits per heavy atom. The number of nitrogens with one attached hydrogen (secondary N) is 2. The standard InChI is InChI=1S/C17H16N4OS/c1-11-9-21-10-15(20-17(21)23-11)16(22)18-7-6-12-8-19-14-5-3-2-4-13(12)14/h2-5,8-10,19H,6-7H2,1H3,(H,18,22). The molecule has 116 valence electrons. The Morgan fingerprint density at radius 3 is 3.09 bits per heavy atom. The number of aryl methyl sites for hydroxylation is 1. The number of para-hydroxylation sites is 1. The summed E-state index contributed by atoms with van der Waals surface area (Å²) in [6, 6.07) is 8.18. The van der Waals surface area contributed by atoms with Crippen molar-refractivity contribution in [2.75, 3.05) is 6.54 Å². The Morgan fingerprint density at radius 2 is 2.22 bits per heavy atom. The second-order valence-electron chi connectivity index (χ2n) is 5.52. The number of thiazole rings is 1. The molecule has 4 rings (SSSR count). The van der Waals surface area contributed by atoms with E-state index >= 15 is 0 Å². The minimum atomic E-state index is -0.126. The van der Waals surface area contributed by atoms with Crippen LogP contribution in [0.1, 0.15) is 20.9 Å². The molecule has 5 nitrogen and oxygen atoms in total. The molecule has 0 fully saturated rings. The number of fused-ring (bicyclic) bond motifs is 2. The molecular weight excluding hydrogens is 308 g/mol. The monoisotopic (exact) mass is 324 g/mol. The van der Waals surface area contributed by atoms with E-state index in [2.05, 4.69) is 27.4 Å². The van der Waals surface area contributed by atoms with Crippen molar-refractivity contribution in [1.82, 2.24) is 19.7 Å². The van der Waals surface area contributed by atoms with Crippen molar-refractivity contribution in [2.45, 2.75) is 13.3 Å². The summed E-state index contributed by atoms with van der Waals surface area (Å²) in [4.78, 5) is 21.8. The number of imidazole rings is 1. The summed E-state index contributed by atoms with van der Waals surface area (Å²) < 4.78 is 1.90. The first kappa shape index (κ1) is 14.0. The zero-order chi connectivity index (χ0) is 15.8. The fourth-order valence-electron chi connectivity index (χ4n) is 2.76. The maximum absolute atomic E-state index is 12.2. The van der Waals surface area contributed by atoms with Gasteiger partial charge in [0, 0.05) is 40.9 Å². The van der Waals surface area contributed by atoms with E-state index in [1.807, 2.05) is 35.9 Å². The Kier molecular flexibility index (Phi) is 3.38. The Labute approximate surface area is 137 Å². The summed E-state index contributed by atoms with van der Waals surface area (Å²) >= 11 is 1.58. The van der Waals surface area contributed by atoms with Gasteiger partial charge in [-0.2, -0.15) is 0 Å². The topological polar surface area (TPSA) is 62.2 Å². The van der Waals surface area contributed by atoms with Crippen LogP contribution in [0, 0.1) is 6.92 Å². The molecule has 0 aliphatic carbocycles. The van der Waals surface area contributed by atoms with Crippen LogP contribution in [-0.4, -0.2) is 26.8 Å². The number of rotatable bonds is 4. The molecule has 0 bridgehead atoms. The second kappa shape index (κ2) is 5.55. The molecule has 0 radical (unpaired) electrons. The molecule has 0 saturated heterocycles. The largest absolute Gasteiger partial charge is 0.361 e. The molecule has 0 aliphatic rings. The number of amides is 1. The lowest BCUT2D eigenvalue weighted by molar-refractivity contribution is 0.0950. The van der Waals surface area contributed by atoms with Crippen molar-refractivity contribution >= 4 is 33.1 Å². The van der Waals surface area contributed by atoms with E-state index in [1.54, 1.807) is 17.5 Å². The molecule has 4 aromatic rings. The number of nitrogens with zero attached hydrogens (tertiary/aromatic N) is 2. The van der Waals surface area contributed by atoms with Crippen LogP contribution in [0.5, 0.6) is 0 Å². The normalized spacial score (nSPS) is 11.3. The average molecular weight is 324 g/mol. The first-order valence-electron chi connectivity index (χ1n) is 7.49. The first-order chi connectivity index (χ1) is 11.2. The van der Waals surface area contributed by atoms with Crippen molar-refractivity contribution in [3.05, 3.63) is 59.0 Å². The van der Waals surface area contributed by atoms with Crippen molar-refractivity contribution in [3.8, 4) is 0 Å². The zero-order valence-electron chi connectivity index (χ0n) is 12.7. The van der Waals surface area contributed by atoms with Gasteiger partial charge in [-0.25, -0.2) is 4.98 Å². The molecule has 0 unspecified atom stereocenters. The van der Waals surface area contributed by atoms with Crippen molar-refractivity contribution in [3.63, 3.8) is 0 Å². The second-order valence-corrected chi connectivity index (χ2v) is 6.74. The van der Waals surface area contributed by atoms with Gasteiger partial charge < -0.3 is 10.3 Å². The van der Waals surface area contributed by atoms with Crippen LogP contribution in [-0.2, 0) is 6.42 Å².